The molecule has 2 heterocycles. The van der Waals surface area contributed by atoms with Gasteiger partial charge >= 0.3 is 0 Å². The van der Waals surface area contributed by atoms with Crippen molar-refractivity contribution in [1.29, 1.82) is 0 Å². The standard InChI is InChI=1S/C22H23N3O4/c1-15-13-16(25-9-11-28-12-10-25)7-8-18(15)23-22(26)19-14-21(29-24-19)17-5-3-4-6-20(17)27-2/h3-8,13-14H,9-12H2,1-2H3,(H,23,26). The molecule has 0 spiro atoms. The molecule has 1 N–H and O–H groups in total. The van der Waals surface area contributed by atoms with E-state index in [1.807, 2.05) is 43.3 Å². The molecule has 0 aliphatic carbocycles. The summed E-state index contributed by atoms with van der Waals surface area (Å²) >= 11 is 0. The van der Waals surface area contributed by atoms with E-state index >= 15 is 0 Å². The molecule has 29 heavy (non-hydrogen) atoms. The summed E-state index contributed by atoms with van der Waals surface area (Å²) in [6, 6.07) is 15.0. The monoisotopic (exact) mass is 393 g/mol. The minimum Gasteiger partial charge on any atom is -0.496 e. The molecular formula is C22H23N3O4. The first-order valence-corrected chi connectivity index (χ1v) is 9.50. The largest absolute Gasteiger partial charge is 0.496 e. The summed E-state index contributed by atoms with van der Waals surface area (Å²) in [5.74, 6) is 0.814. The second-order valence-corrected chi connectivity index (χ2v) is 6.83. The van der Waals surface area contributed by atoms with Crippen LogP contribution in [0, 0.1) is 6.92 Å². The van der Waals surface area contributed by atoms with E-state index in [1.165, 1.54) is 0 Å². The fourth-order valence-electron chi connectivity index (χ4n) is 3.35. The van der Waals surface area contributed by atoms with Gasteiger partial charge in [-0.2, -0.15) is 0 Å². The number of nitrogens with one attached hydrogen (secondary N) is 1. The van der Waals surface area contributed by atoms with E-state index < -0.39 is 0 Å². The normalized spacial score (nSPS) is 13.9. The maximum absolute atomic E-state index is 12.7. The van der Waals surface area contributed by atoms with Gasteiger partial charge in [0.15, 0.2) is 11.5 Å². The lowest BCUT2D eigenvalue weighted by molar-refractivity contribution is 0.101. The number of hydrogen-bond acceptors (Lipinski definition) is 6. The first-order valence-electron chi connectivity index (χ1n) is 9.50. The van der Waals surface area contributed by atoms with E-state index in [0.29, 0.717) is 11.5 Å². The third kappa shape index (κ3) is 4.09. The number of ether oxygens (including phenoxy) is 2. The number of carbonyl (C=O) groups excluding carboxylic acids is 1. The number of morpholine rings is 1. The second kappa shape index (κ2) is 8.36. The van der Waals surface area contributed by atoms with Crippen molar-refractivity contribution in [1.82, 2.24) is 5.16 Å². The lowest BCUT2D eigenvalue weighted by Crippen LogP contribution is -2.36. The van der Waals surface area contributed by atoms with Crippen molar-refractivity contribution in [2.75, 3.05) is 43.6 Å². The van der Waals surface area contributed by atoms with E-state index in [1.54, 1.807) is 13.2 Å². The Bertz CT molecular complexity index is 1010. The predicted molar refractivity (Wildman–Crippen MR) is 111 cm³/mol. The number of aromatic nitrogens is 1. The molecule has 150 valence electrons. The molecule has 1 fully saturated rings. The molecule has 4 rings (SSSR count). The minimum atomic E-state index is -0.322. The van der Waals surface area contributed by atoms with Crippen molar-refractivity contribution >= 4 is 17.3 Å². The van der Waals surface area contributed by atoms with Gasteiger partial charge in [0, 0.05) is 30.5 Å². The van der Waals surface area contributed by atoms with Crippen LogP contribution in [0.2, 0.25) is 0 Å². The van der Waals surface area contributed by atoms with Crippen LogP contribution in [0.15, 0.2) is 53.1 Å². The van der Waals surface area contributed by atoms with Crippen LogP contribution in [-0.4, -0.2) is 44.5 Å². The van der Waals surface area contributed by atoms with Crippen molar-refractivity contribution in [3.63, 3.8) is 0 Å². The number of benzene rings is 2. The van der Waals surface area contributed by atoms with Gasteiger partial charge in [0.05, 0.1) is 25.9 Å². The smallest absolute Gasteiger partial charge is 0.277 e. The van der Waals surface area contributed by atoms with Gasteiger partial charge in [-0.3, -0.25) is 4.79 Å². The van der Waals surface area contributed by atoms with Crippen LogP contribution in [0.25, 0.3) is 11.3 Å². The quantitative estimate of drug-likeness (QED) is 0.711. The molecule has 7 heteroatoms. The van der Waals surface area contributed by atoms with Gasteiger partial charge in [-0.1, -0.05) is 17.3 Å². The summed E-state index contributed by atoms with van der Waals surface area (Å²) in [7, 11) is 1.59. The molecule has 0 unspecified atom stereocenters. The Kier molecular flexibility index (Phi) is 5.48. The molecule has 3 aromatic rings. The zero-order valence-corrected chi connectivity index (χ0v) is 16.5. The van der Waals surface area contributed by atoms with Gasteiger partial charge in [-0.25, -0.2) is 0 Å². The lowest BCUT2D eigenvalue weighted by Gasteiger charge is -2.29. The number of rotatable bonds is 5. The Morgan fingerprint density at radius 1 is 1.14 bits per heavy atom. The van der Waals surface area contributed by atoms with Crippen LogP contribution in [0.1, 0.15) is 16.1 Å². The van der Waals surface area contributed by atoms with E-state index in [2.05, 4.69) is 21.4 Å². The minimum absolute atomic E-state index is 0.211. The molecule has 0 saturated carbocycles. The fraction of sp³-hybridized carbons (Fsp3) is 0.273. The number of anilines is 2. The Morgan fingerprint density at radius 3 is 2.69 bits per heavy atom. The van der Waals surface area contributed by atoms with Crippen LogP contribution in [0.5, 0.6) is 5.75 Å². The van der Waals surface area contributed by atoms with E-state index in [0.717, 1.165) is 48.8 Å². The highest BCUT2D eigenvalue weighted by Crippen LogP contribution is 2.30. The maximum Gasteiger partial charge on any atom is 0.277 e. The Labute approximate surface area is 169 Å². The van der Waals surface area contributed by atoms with Crippen molar-refractivity contribution in [2.45, 2.75) is 6.92 Å². The highest BCUT2D eigenvalue weighted by molar-refractivity contribution is 6.03. The number of methoxy groups -OCH3 is 1. The summed E-state index contributed by atoms with van der Waals surface area (Å²) in [6.07, 6.45) is 0. The van der Waals surface area contributed by atoms with Crippen LogP contribution >= 0.6 is 0 Å². The molecule has 1 saturated heterocycles. The molecule has 0 atom stereocenters. The van der Waals surface area contributed by atoms with Gasteiger partial charge in [0.25, 0.3) is 5.91 Å². The highest BCUT2D eigenvalue weighted by Gasteiger charge is 2.18. The SMILES string of the molecule is COc1ccccc1-c1cc(C(=O)Nc2ccc(N3CCOCC3)cc2C)no1. The van der Waals surface area contributed by atoms with E-state index in [4.69, 9.17) is 14.0 Å². The lowest BCUT2D eigenvalue weighted by atomic mass is 10.1. The summed E-state index contributed by atoms with van der Waals surface area (Å²) in [4.78, 5) is 14.9. The number of aryl methyl sites for hydroxylation is 1. The highest BCUT2D eigenvalue weighted by atomic mass is 16.5. The number of amides is 1. The first-order chi connectivity index (χ1) is 14.2. The Morgan fingerprint density at radius 2 is 1.93 bits per heavy atom. The average Bonchev–Trinajstić information content (AvgIpc) is 3.26. The van der Waals surface area contributed by atoms with Gasteiger partial charge in [-0.05, 0) is 42.8 Å². The van der Waals surface area contributed by atoms with Gasteiger partial charge < -0.3 is 24.2 Å². The average molecular weight is 393 g/mol. The predicted octanol–water partition coefficient (Wildman–Crippen LogP) is 3.75. The Hall–Kier alpha value is -3.32. The topological polar surface area (TPSA) is 76.8 Å². The van der Waals surface area contributed by atoms with Crippen molar-refractivity contribution < 1.29 is 18.8 Å². The molecule has 0 radical (unpaired) electrons. The molecule has 1 aliphatic heterocycles. The Balaban J connectivity index is 1.49. The molecule has 0 bridgehead atoms. The van der Waals surface area contributed by atoms with Crippen LogP contribution in [0.4, 0.5) is 11.4 Å². The van der Waals surface area contributed by atoms with E-state index in [-0.39, 0.29) is 11.6 Å². The van der Waals surface area contributed by atoms with Crippen LogP contribution < -0.4 is 15.0 Å². The number of para-hydroxylation sites is 1. The number of hydrogen-bond donors (Lipinski definition) is 1. The molecule has 7 nitrogen and oxygen atoms in total. The zero-order chi connectivity index (χ0) is 20.2. The summed E-state index contributed by atoms with van der Waals surface area (Å²) in [6.45, 7) is 5.19. The summed E-state index contributed by atoms with van der Waals surface area (Å²) < 4.78 is 16.1. The van der Waals surface area contributed by atoms with Crippen molar-refractivity contribution in [3.05, 3.63) is 59.8 Å². The van der Waals surface area contributed by atoms with Crippen molar-refractivity contribution in [3.8, 4) is 17.1 Å². The third-order valence-corrected chi connectivity index (χ3v) is 4.95. The molecular weight excluding hydrogens is 370 g/mol. The number of nitrogens with zero attached hydrogens (tertiary/aromatic N) is 2. The maximum atomic E-state index is 12.7. The van der Waals surface area contributed by atoms with Crippen LogP contribution in [0.3, 0.4) is 0 Å². The molecule has 1 aromatic heterocycles. The molecule has 1 amide bonds. The fourth-order valence-corrected chi connectivity index (χ4v) is 3.35. The van der Waals surface area contributed by atoms with Gasteiger partial charge in [-0.15, -0.1) is 0 Å². The van der Waals surface area contributed by atoms with Crippen LogP contribution in [-0.2, 0) is 4.74 Å². The van der Waals surface area contributed by atoms with Gasteiger partial charge in [0.2, 0.25) is 0 Å². The zero-order valence-electron chi connectivity index (χ0n) is 16.5. The van der Waals surface area contributed by atoms with Gasteiger partial charge in [0.1, 0.15) is 5.75 Å². The van der Waals surface area contributed by atoms with E-state index in [9.17, 15) is 4.79 Å². The molecule has 2 aromatic carbocycles. The molecule has 1 aliphatic rings. The second-order valence-electron chi connectivity index (χ2n) is 6.83. The first kappa shape index (κ1) is 19.0. The summed E-state index contributed by atoms with van der Waals surface area (Å²) in [5.41, 5.74) is 3.81. The van der Waals surface area contributed by atoms with Crippen molar-refractivity contribution in [2.24, 2.45) is 0 Å². The summed E-state index contributed by atoms with van der Waals surface area (Å²) in [5, 5.41) is 6.83. The third-order valence-electron chi connectivity index (χ3n) is 4.95. The number of carbonyl (C=O) groups is 1.